The van der Waals surface area contributed by atoms with Crippen molar-refractivity contribution < 1.29 is 18.7 Å². The first-order valence-electron chi connectivity index (χ1n) is 13.0. The van der Waals surface area contributed by atoms with Crippen molar-refractivity contribution in [3.63, 3.8) is 0 Å². The van der Waals surface area contributed by atoms with E-state index >= 15 is 0 Å². The number of anilines is 3. The van der Waals surface area contributed by atoms with E-state index in [1.165, 1.54) is 41.3 Å². The maximum absolute atomic E-state index is 13.7. The fourth-order valence-electron chi connectivity index (χ4n) is 3.85. The molecule has 216 valence electrons. The van der Waals surface area contributed by atoms with Crippen LogP contribution in [0.1, 0.15) is 21.5 Å². The van der Waals surface area contributed by atoms with Gasteiger partial charge < -0.3 is 15.4 Å². The van der Waals surface area contributed by atoms with Crippen LogP contribution in [-0.2, 0) is 4.79 Å². The van der Waals surface area contributed by atoms with Gasteiger partial charge in [-0.2, -0.15) is 5.10 Å². The number of nitrogens with zero attached hydrogens (tertiary/aromatic N) is 2. The number of carbonyl (C=O) groups is 2. The quantitative estimate of drug-likeness (QED) is 0.112. The number of aromatic nitrogens is 1. The van der Waals surface area contributed by atoms with Gasteiger partial charge in [-0.1, -0.05) is 53.6 Å². The van der Waals surface area contributed by atoms with Crippen LogP contribution in [0, 0.1) is 12.7 Å². The van der Waals surface area contributed by atoms with Crippen LogP contribution >= 0.6 is 22.9 Å². The molecule has 0 aliphatic rings. The van der Waals surface area contributed by atoms with Crippen molar-refractivity contribution in [3.8, 4) is 17.0 Å². The van der Waals surface area contributed by atoms with Gasteiger partial charge in [-0.05, 0) is 67.1 Å². The lowest BCUT2D eigenvalue weighted by molar-refractivity contribution is -0.118. The maximum Gasteiger partial charge on any atom is 0.271 e. The molecule has 2 amide bonds. The molecule has 5 rings (SSSR count). The lowest BCUT2D eigenvalue weighted by atomic mass is 10.1. The second-order valence-corrected chi connectivity index (χ2v) is 10.6. The van der Waals surface area contributed by atoms with E-state index in [0.29, 0.717) is 11.1 Å². The minimum absolute atomic E-state index is 0.0620. The second kappa shape index (κ2) is 13.7. The zero-order chi connectivity index (χ0) is 30.2. The Morgan fingerprint density at radius 1 is 1.02 bits per heavy atom. The van der Waals surface area contributed by atoms with Gasteiger partial charge >= 0.3 is 0 Å². The van der Waals surface area contributed by atoms with Crippen LogP contribution in [0.5, 0.6) is 5.75 Å². The molecule has 0 unspecified atom stereocenters. The molecule has 1 heterocycles. The zero-order valence-corrected chi connectivity index (χ0v) is 24.4. The molecule has 4 aromatic carbocycles. The molecule has 8 nitrogen and oxygen atoms in total. The monoisotopic (exact) mass is 613 g/mol. The Labute approximate surface area is 256 Å². The summed E-state index contributed by atoms with van der Waals surface area (Å²) in [5, 5.41) is 12.7. The summed E-state index contributed by atoms with van der Waals surface area (Å²) in [6.45, 7) is 1.68. The van der Waals surface area contributed by atoms with E-state index in [0.717, 1.165) is 22.1 Å². The number of nitrogens with one attached hydrogen (secondary N) is 3. The number of hydrazone groups is 1. The third kappa shape index (κ3) is 8.03. The summed E-state index contributed by atoms with van der Waals surface area (Å²) in [6.07, 6.45) is 1.44. The van der Waals surface area contributed by atoms with Crippen molar-refractivity contribution in [1.29, 1.82) is 0 Å². The number of benzene rings is 4. The number of hydrogen-bond donors (Lipinski definition) is 3. The first kappa shape index (κ1) is 29.4. The molecule has 0 bridgehead atoms. The molecule has 0 saturated carbocycles. The van der Waals surface area contributed by atoms with Crippen molar-refractivity contribution in [2.45, 2.75) is 6.92 Å². The number of amides is 2. The Kier molecular flexibility index (Phi) is 9.40. The minimum Gasteiger partial charge on any atom is -0.482 e. The highest BCUT2D eigenvalue weighted by atomic mass is 35.5. The molecule has 5 aromatic rings. The summed E-state index contributed by atoms with van der Waals surface area (Å²) in [5.41, 5.74) is 7.43. The number of rotatable bonds is 10. The van der Waals surface area contributed by atoms with E-state index in [1.54, 1.807) is 36.4 Å². The van der Waals surface area contributed by atoms with Crippen LogP contribution in [0.15, 0.2) is 101 Å². The Balaban J connectivity index is 1.11. The topological polar surface area (TPSA) is 105 Å². The molecule has 0 aliphatic carbocycles. The van der Waals surface area contributed by atoms with E-state index in [2.05, 4.69) is 26.1 Å². The number of halogens is 2. The van der Waals surface area contributed by atoms with Crippen LogP contribution in [-0.4, -0.2) is 29.6 Å². The first-order valence-corrected chi connectivity index (χ1v) is 14.3. The lowest BCUT2D eigenvalue weighted by Gasteiger charge is -2.09. The summed E-state index contributed by atoms with van der Waals surface area (Å²) < 4.78 is 19.1. The Morgan fingerprint density at radius 3 is 2.53 bits per heavy atom. The summed E-state index contributed by atoms with van der Waals surface area (Å²) >= 11 is 7.78. The summed E-state index contributed by atoms with van der Waals surface area (Å²) in [4.78, 5) is 29.3. The van der Waals surface area contributed by atoms with E-state index in [-0.39, 0.29) is 29.0 Å². The van der Waals surface area contributed by atoms with Crippen LogP contribution in [0.2, 0.25) is 5.02 Å². The van der Waals surface area contributed by atoms with Gasteiger partial charge in [0.2, 0.25) is 0 Å². The molecule has 0 saturated heterocycles. The molecule has 0 atom stereocenters. The van der Waals surface area contributed by atoms with Gasteiger partial charge in [-0.15, -0.1) is 11.3 Å². The van der Waals surface area contributed by atoms with Crippen LogP contribution in [0.4, 0.5) is 20.9 Å². The standard InChI is InChI=1S/C32H25ClFN5O3S/c1-20-6-13-24(14-7-20)36-32-38-28(19-43-32)22-9-11-23(12-10-22)31(41)39-35-17-21-8-15-29(25(33)16-21)42-18-30(40)37-27-5-3-2-4-26(27)34/h2-17,19H,18H2,1H3,(H,36,38)(H,37,40)(H,39,41)/b35-17+. The highest BCUT2D eigenvalue weighted by molar-refractivity contribution is 7.14. The van der Waals surface area contributed by atoms with Crippen LogP contribution in [0.3, 0.4) is 0 Å². The Morgan fingerprint density at radius 2 is 1.79 bits per heavy atom. The zero-order valence-electron chi connectivity index (χ0n) is 22.8. The molecule has 1 aromatic heterocycles. The molecular weight excluding hydrogens is 589 g/mol. The third-order valence-corrected chi connectivity index (χ3v) is 7.15. The SMILES string of the molecule is Cc1ccc(Nc2nc(-c3ccc(C(=O)N/N=C/c4ccc(OCC(=O)Nc5ccccc5F)c(Cl)c4)cc3)cs2)cc1. The smallest absolute Gasteiger partial charge is 0.271 e. The highest BCUT2D eigenvalue weighted by Crippen LogP contribution is 2.28. The molecule has 11 heteroatoms. The molecule has 0 radical (unpaired) electrons. The molecule has 0 fully saturated rings. The van der Waals surface area contributed by atoms with Crippen molar-refractivity contribution >= 4 is 57.5 Å². The van der Waals surface area contributed by atoms with Crippen molar-refractivity contribution in [2.24, 2.45) is 5.10 Å². The van der Waals surface area contributed by atoms with Crippen molar-refractivity contribution in [2.75, 3.05) is 17.2 Å². The summed E-state index contributed by atoms with van der Waals surface area (Å²) in [5.74, 6) is -1.19. The van der Waals surface area contributed by atoms with E-state index < -0.39 is 11.7 Å². The normalized spacial score (nSPS) is 10.9. The maximum atomic E-state index is 13.7. The summed E-state index contributed by atoms with van der Waals surface area (Å²) in [6, 6.07) is 25.8. The van der Waals surface area contributed by atoms with Gasteiger partial charge in [0.05, 0.1) is 22.6 Å². The first-order chi connectivity index (χ1) is 20.8. The van der Waals surface area contributed by atoms with Gasteiger partial charge in [-0.3, -0.25) is 9.59 Å². The number of thiazole rings is 1. The molecule has 0 spiro atoms. The molecular formula is C32H25ClFN5O3S. The summed E-state index contributed by atoms with van der Waals surface area (Å²) in [7, 11) is 0. The van der Waals surface area contributed by atoms with E-state index in [4.69, 9.17) is 16.3 Å². The average Bonchev–Trinajstić information content (AvgIpc) is 3.47. The second-order valence-electron chi connectivity index (χ2n) is 9.31. The minimum atomic E-state index is -0.543. The van der Waals surface area contributed by atoms with Gasteiger partial charge in [0, 0.05) is 22.2 Å². The predicted molar refractivity (Wildman–Crippen MR) is 169 cm³/mol. The Bertz CT molecular complexity index is 1780. The third-order valence-electron chi connectivity index (χ3n) is 6.09. The number of ether oxygens (including phenoxy) is 1. The van der Waals surface area contributed by atoms with E-state index in [1.807, 2.05) is 48.7 Å². The molecule has 0 aliphatic heterocycles. The average molecular weight is 614 g/mol. The number of para-hydroxylation sites is 1. The van der Waals surface area contributed by atoms with Gasteiger partial charge in [-0.25, -0.2) is 14.8 Å². The molecule has 43 heavy (non-hydrogen) atoms. The van der Waals surface area contributed by atoms with Crippen molar-refractivity contribution in [3.05, 3.63) is 124 Å². The van der Waals surface area contributed by atoms with E-state index in [9.17, 15) is 14.0 Å². The number of hydrogen-bond acceptors (Lipinski definition) is 7. The van der Waals surface area contributed by atoms with Gasteiger partial charge in [0.1, 0.15) is 11.6 Å². The molecule has 3 N–H and O–H groups in total. The lowest BCUT2D eigenvalue weighted by Crippen LogP contribution is -2.20. The fourth-order valence-corrected chi connectivity index (χ4v) is 4.84. The highest BCUT2D eigenvalue weighted by Gasteiger charge is 2.10. The van der Waals surface area contributed by atoms with Gasteiger partial charge in [0.25, 0.3) is 11.8 Å². The van der Waals surface area contributed by atoms with Gasteiger partial charge in [0.15, 0.2) is 11.7 Å². The van der Waals surface area contributed by atoms with Crippen LogP contribution < -0.4 is 20.8 Å². The largest absolute Gasteiger partial charge is 0.482 e. The van der Waals surface area contributed by atoms with Crippen LogP contribution in [0.25, 0.3) is 11.3 Å². The number of carbonyl (C=O) groups excluding carboxylic acids is 2. The number of aryl methyl sites for hydroxylation is 1. The van der Waals surface area contributed by atoms with Crippen molar-refractivity contribution in [1.82, 2.24) is 10.4 Å². The Hall–Kier alpha value is -5.06. The predicted octanol–water partition coefficient (Wildman–Crippen LogP) is 7.44. The fraction of sp³-hybridized carbons (Fsp3) is 0.0625.